The molecule has 10 heteroatoms. The van der Waals surface area contributed by atoms with E-state index in [1.54, 1.807) is 0 Å². The maximum absolute atomic E-state index is 10.3. The van der Waals surface area contributed by atoms with Gasteiger partial charge in [0.15, 0.2) is 0 Å². The number of hydrogen-bond donors (Lipinski definition) is 0. The van der Waals surface area contributed by atoms with Gasteiger partial charge in [0.05, 0.1) is 0 Å². The molecule has 1 aliphatic heterocycles. The van der Waals surface area contributed by atoms with Gasteiger partial charge in [0.25, 0.3) is 0 Å². The molecule has 0 aromatic carbocycles. The molecule has 0 N–H and O–H groups in total. The van der Waals surface area contributed by atoms with Crippen LogP contribution in [0.3, 0.4) is 0 Å². The van der Waals surface area contributed by atoms with E-state index < -0.39 is 46.6 Å². The Morgan fingerprint density at radius 1 is 1.21 bits per heavy atom. The van der Waals surface area contributed by atoms with Gasteiger partial charge in [0.1, 0.15) is 0 Å². The average molecular weight is 330 g/mol. The molecule has 0 saturated carbocycles. The molecule has 1 saturated heterocycles. The van der Waals surface area contributed by atoms with Gasteiger partial charge in [0.2, 0.25) is 0 Å². The van der Waals surface area contributed by atoms with Gasteiger partial charge in [-0.3, -0.25) is 0 Å². The molecule has 14 heavy (non-hydrogen) atoms. The van der Waals surface area contributed by atoms with Gasteiger partial charge in [-0.1, -0.05) is 0 Å². The van der Waals surface area contributed by atoms with Gasteiger partial charge in [0, 0.05) is 0 Å². The molecule has 0 unspecified atom stereocenters. The Balaban J connectivity index is 0.00000169. The molecule has 0 aromatic rings. The number of carboxylic acids is 1. The Kier molecular flexibility index (Phi) is 6.24. The van der Waals surface area contributed by atoms with Crippen LogP contribution in [-0.4, -0.2) is 46.6 Å². The van der Waals surface area contributed by atoms with Crippen molar-refractivity contribution in [3.63, 3.8) is 0 Å². The van der Waals surface area contributed by atoms with Crippen molar-refractivity contribution in [3.8, 4) is 0 Å². The van der Waals surface area contributed by atoms with Gasteiger partial charge in [-0.2, -0.15) is 0 Å². The van der Waals surface area contributed by atoms with E-state index in [4.69, 9.17) is 0 Å². The van der Waals surface area contributed by atoms with Crippen molar-refractivity contribution in [1.29, 1.82) is 0 Å². The molecule has 1 rings (SSSR count). The average Bonchev–Trinajstić information content (AvgIpc) is 2.31. The van der Waals surface area contributed by atoms with Crippen LogP contribution < -0.4 is 56.5 Å². The minimum Gasteiger partial charge on any atom is 1.00 e. The van der Waals surface area contributed by atoms with Crippen LogP contribution in [0.1, 0.15) is 0 Å². The van der Waals surface area contributed by atoms with Crippen LogP contribution in [-0.2, 0) is 27.7 Å². The second kappa shape index (κ2) is 6.08. The van der Waals surface area contributed by atoms with E-state index in [2.05, 4.69) is 8.56 Å². The Hall–Kier alpha value is 0.386. The van der Waals surface area contributed by atoms with Crippen molar-refractivity contribution in [2.45, 2.75) is 0 Å². The summed E-state index contributed by atoms with van der Waals surface area (Å²) in [5.74, 6) is -6.34. The summed E-state index contributed by atoms with van der Waals surface area (Å²) in [6, 6.07) is 0. The molecule has 0 spiro atoms. The smallest absolute Gasteiger partial charge is 1.00 e. The summed E-state index contributed by atoms with van der Waals surface area (Å²) in [6.07, 6.45) is 0. The summed E-state index contributed by atoms with van der Waals surface area (Å²) in [4.78, 5) is 40.8. The van der Waals surface area contributed by atoms with E-state index in [0.29, 0.717) is 0 Å². The zero-order chi connectivity index (χ0) is 10.0. The molecule has 0 radical (unpaired) electrons. The normalized spacial score (nSPS) is 13.9. The molecule has 8 nitrogen and oxygen atoms in total. The quantitative estimate of drug-likeness (QED) is 0.344. The zero-order valence-electron chi connectivity index (χ0n) is 6.84. The number of carbonyl (C=O) groups is 4. The summed E-state index contributed by atoms with van der Waals surface area (Å²) in [5, 5.41) is 9.82. The van der Waals surface area contributed by atoms with Crippen LogP contribution in [0.4, 0.5) is 0 Å². The first kappa shape index (κ1) is 14.4. The van der Waals surface area contributed by atoms with Gasteiger partial charge in [-0.15, -0.1) is 0 Å². The summed E-state index contributed by atoms with van der Waals surface area (Å²) in [6.45, 7) is 0. The van der Waals surface area contributed by atoms with Crippen molar-refractivity contribution >= 4 is 46.6 Å². The maximum Gasteiger partial charge on any atom is 1.00 e. The predicted octanol–water partition coefficient (Wildman–Crippen LogP) is -6.63. The van der Waals surface area contributed by atoms with E-state index in [-0.39, 0.29) is 51.4 Å². The van der Waals surface area contributed by atoms with Crippen LogP contribution in [0.25, 0.3) is 0 Å². The molecular formula is C4InKO8. The van der Waals surface area contributed by atoms with Crippen LogP contribution in [0.15, 0.2) is 0 Å². The standard InChI is InChI=1S/2C2H2O4.In.K/c2*3-1(4)2(5)6;;/h2*(H,3,4)(H,5,6);;/q;;+3;+1/p-4. The Morgan fingerprint density at radius 2 is 1.64 bits per heavy atom. The Morgan fingerprint density at radius 3 is 2.00 bits per heavy atom. The van der Waals surface area contributed by atoms with Crippen LogP contribution >= 0.6 is 0 Å². The number of hydrogen-bond acceptors (Lipinski definition) is 8. The Bertz CT molecular complexity index is 284. The number of carboxylic acid groups (broad SMARTS) is 1. The molecule has 68 valence electrons. The molecule has 0 bridgehead atoms. The third-order valence-corrected chi connectivity index (χ3v) is 4.42. The summed E-state index contributed by atoms with van der Waals surface area (Å²) >= 11 is -3.97. The monoisotopic (exact) mass is 330 g/mol. The number of carbonyl (C=O) groups excluding carboxylic acids is 4. The molecule has 1 aliphatic rings. The molecule has 0 aromatic heterocycles. The Labute approximate surface area is 129 Å². The van der Waals surface area contributed by atoms with Crippen molar-refractivity contribution in [3.05, 3.63) is 0 Å². The molecule has 1 fully saturated rings. The van der Waals surface area contributed by atoms with Crippen LogP contribution in [0.2, 0.25) is 0 Å². The van der Waals surface area contributed by atoms with E-state index in [1.165, 1.54) is 0 Å². The first-order chi connectivity index (χ1) is 6.00. The molecule has 0 aliphatic carbocycles. The number of rotatable bonds is 1. The minimum absolute atomic E-state index is 0. The first-order valence-electron chi connectivity index (χ1n) is 2.84. The first-order valence-corrected chi connectivity index (χ1v) is 6.88. The largest absolute Gasteiger partial charge is 1.00 e. The molecular weight excluding hydrogens is 330 g/mol. The zero-order valence-corrected chi connectivity index (χ0v) is 13.3. The minimum atomic E-state index is -3.97. The third kappa shape index (κ3) is 3.86. The summed E-state index contributed by atoms with van der Waals surface area (Å²) < 4.78 is 12.4. The van der Waals surface area contributed by atoms with E-state index in [9.17, 15) is 24.3 Å². The van der Waals surface area contributed by atoms with E-state index >= 15 is 0 Å². The summed E-state index contributed by atoms with van der Waals surface area (Å²) in [5.41, 5.74) is 0. The predicted molar refractivity (Wildman–Crippen MR) is 29.0 cm³/mol. The van der Waals surface area contributed by atoms with Crippen LogP contribution in [0.5, 0.6) is 0 Å². The van der Waals surface area contributed by atoms with Gasteiger partial charge < -0.3 is 0 Å². The second-order valence-corrected chi connectivity index (χ2v) is 5.46. The third-order valence-electron chi connectivity index (χ3n) is 0.943. The van der Waals surface area contributed by atoms with Crippen molar-refractivity contribution in [1.82, 2.24) is 0 Å². The SMILES string of the molecule is O=C([O-])C(=O)[O][In]1[O]C(=O)C(=O)[O]1.[K+]. The fraction of sp³-hybridized carbons (Fsp3) is 0. The van der Waals surface area contributed by atoms with Crippen LogP contribution in [0, 0.1) is 0 Å². The van der Waals surface area contributed by atoms with Crippen molar-refractivity contribution in [2.75, 3.05) is 0 Å². The van der Waals surface area contributed by atoms with Gasteiger partial charge >= 0.3 is 131 Å². The fourth-order valence-electron chi connectivity index (χ4n) is 0.479. The molecule has 0 amide bonds. The van der Waals surface area contributed by atoms with Gasteiger partial charge in [-0.25, -0.2) is 0 Å². The van der Waals surface area contributed by atoms with Crippen molar-refractivity contribution in [2.24, 2.45) is 0 Å². The second-order valence-electron chi connectivity index (χ2n) is 1.79. The maximum atomic E-state index is 10.3. The van der Waals surface area contributed by atoms with E-state index in [0.717, 1.165) is 0 Å². The molecule has 0 atom stereocenters. The number of aliphatic carboxylic acids is 1. The molecule has 1 heterocycles. The van der Waals surface area contributed by atoms with E-state index in [1.807, 2.05) is 0 Å². The van der Waals surface area contributed by atoms with Gasteiger partial charge in [-0.05, 0) is 0 Å². The summed E-state index contributed by atoms with van der Waals surface area (Å²) in [7, 11) is 0. The topological polar surface area (TPSA) is 119 Å². The fourth-order valence-corrected chi connectivity index (χ4v) is 3.21. The van der Waals surface area contributed by atoms with Crippen molar-refractivity contribution < 1.29 is 84.2 Å².